The number of esters is 2. The molecule has 0 saturated heterocycles. The monoisotopic (exact) mass is 254 g/mol. The van der Waals surface area contributed by atoms with Gasteiger partial charge in [0.1, 0.15) is 0 Å². The Morgan fingerprint density at radius 3 is 2.50 bits per heavy atom. The molecule has 1 aromatic rings. The van der Waals surface area contributed by atoms with E-state index in [0.717, 1.165) is 5.56 Å². The van der Waals surface area contributed by atoms with Crippen molar-refractivity contribution in [2.75, 3.05) is 5.75 Å². The normalized spacial score (nSPS) is 9.56. The van der Waals surface area contributed by atoms with Gasteiger partial charge < -0.3 is 4.74 Å². The molecule has 84 valence electrons. The highest BCUT2D eigenvalue weighted by Gasteiger charge is 2.09. The van der Waals surface area contributed by atoms with Gasteiger partial charge in [-0.05, 0) is 5.56 Å². The third-order valence-corrected chi connectivity index (χ3v) is 3.06. The van der Waals surface area contributed by atoms with Gasteiger partial charge in [0, 0.05) is 6.92 Å². The largest absolute Gasteiger partial charge is 0.393 e. The molecule has 0 aliphatic rings. The molecule has 0 fully saturated rings. The van der Waals surface area contributed by atoms with Crippen LogP contribution in [0.5, 0.6) is 0 Å². The summed E-state index contributed by atoms with van der Waals surface area (Å²) in [5, 5.41) is 0. The van der Waals surface area contributed by atoms with E-state index < -0.39 is 11.9 Å². The van der Waals surface area contributed by atoms with Crippen LogP contribution in [-0.2, 0) is 14.3 Å². The van der Waals surface area contributed by atoms with Gasteiger partial charge in [-0.25, -0.2) is 0 Å². The lowest BCUT2D eigenvalue weighted by Crippen LogP contribution is -2.12. The molecule has 0 N–H and O–H groups in total. The van der Waals surface area contributed by atoms with Gasteiger partial charge in [-0.1, -0.05) is 42.5 Å². The average Bonchev–Trinajstić information content (AvgIpc) is 2.26. The predicted octanol–water partition coefficient (Wildman–Crippen LogP) is 2.19. The molecular formula is C11H10O3S2. The quantitative estimate of drug-likeness (QED) is 0.470. The number of rotatable bonds is 3. The van der Waals surface area contributed by atoms with Gasteiger partial charge in [-0.15, -0.1) is 11.8 Å². The van der Waals surface area contributed by atoms with Crippen LogP contribution in [0.15, 0.2) is 30.3 Å². The minimum absolute atomic E-state index is 0.0489. The minimum Gasteiger partial charge on any atom is -0.393 e. The molecule has 0 heterocycles. The van der Waals surface area contributed by atoms with Crippen molar-refractivity contribution in [3.8, 4) is 0 Å². The molecule has 0 aromatic heterocycles. The van der Waals surface area contributed by atoms with Gasteiger partial charge in [0.05, 0.1) is 9.95 Å². The zero-order valence-corrected chi connectivity index (χ0v) is 10.3. The number of carbonyl (C=O) groups excluding carboxylic acids is 2. The van der Waals surface area contributed by atoms with Gasteiger partial charge in [0.2, 0.25) is 0 Å². The highest BCUT2D eigenvalue weighted by molar-refractivity contribution is 8.24. The molecule has 0 atom stereocenters. The van der Waals surface area contributed by atoms with E-state index in [4.69, 9.17) is 12.2 Å². The first kappa shape index (κ1) is 12.9. The van der Waals surface area contributed by atoms with Crippen LogP contribution in [0.25, 0.3) is 0 Å². The summed E-state index contributed by atoms with van der Waals surface area (Å²) in [5.74, 6) is -1.13. The van der Waals surface area contributed by atoms with E-state index in [-0.39, 0.29) is 5.75 Å². The van der Waals surface area contributed by atoms with Crippen LogP contribution in [0.1, 0.15) is 12.5 Å². The fourth-order valence-corrected chi connectivity index (χ4v) is 1.90. The summed E-state index contributed by atoms with van der Waals surface area (Å²) in [6, 6.07) is 9.37. The van der Waals surface area contributed by atoms with Crippen molar-refractivity contribution in [1.29, 1.82) is 0 Å². The first-order chi connectivity index (χ1) is 7.59. The Morgan fingerprint density at radius 1 is 1.31 bits per heavy atom. The molecule has 0 radical (unpaired) electrons. The molecule has 0 saturated carbocycles. The number of thiocarbonyl (C=S) groups is 1. The molecule has 0 amide bonds. The summed E-state index contributed by atoms with van der Waals surface area (Å²) in [4.78, 5) is 21.5. The van der Waals surface area contributed by atoms with Crippen LogP contribution < -0.4 is 0 Å². The Morgan fingerprint density at radius 2 is 1.94 bits per heavy atom. The van der Waals surface area contributed by atoms with Crippen LogP contribution in [-0.4, -0.2) is 21.9 Å². The Hall–Kier alpha value is -1.20. The average molecular weight is 254 g/mol. The Kier molecular flexibility index (Phi) is 5.14. The van der Waals surface area contributed by atoms with E-state index >= 15 is 0 Å². The maximum atomic E-state index is 11.1. The summed E-state index contributed by atoms with van der Waals surface area (Å²) in [6.45, 7) is 1.19. The van der Waals surface area contributed by atoms with E-state index in [9.17, 15) is 9.59 Å². The zero-order chi connectivity index (χ0) is 12.0. The molecule has 0 bridgehead atoms. The highest BCUT2D eigenvalue weighted by atomic mass is 32.2. The van der Waals surface area contributed by atoms with E-state index in [1.807, 2.05) is 30.3 Å². The number of carbonyl (C=O) groups is 2. The number of ether oxygens (including phenoxy) is 1. The van der Waals surface area contributed by atoms with Crippen molar-refractivity contribution in [2.45, 2.75) is 6.92 Å². The standard InChI is InChI=1S/C11H10O3S2/c1-8(12)14-10(13)7-16-11(15)9-5-3-2-4-6-9/h2-6H,7H2,1H3. The van der Waals surface area contributed by atoms with Gasteiger partial charge in [0.25, 0.3) is 0 Å². The van der Waals surface area contributed by atoms with Crippen molar-refractivity contribution in [2.24, 2.45) is 0 Å². The van der Waals surface area contributed by atoms with Gasteiger partial charge in [0.15, 0.2) is 0 Å². The van der Waals surface area contributed by atoms with Crippen LogP contribution in [0.3, 0.4) is 0 Å². The van der Waals surface area contributed by atoms with E-state index in [0.29, 0.717) is 4.20 Å². The topological polar surface area (TPSA) is 43.4 Å². The summed E-state index contributed by atoms with van der Waals surface area (Å²) >= 11 is 6.31. The number of benzene rings is 1. The van der Waals surface area contributed by atoms with Crippen molar-refractivity contribution < 1.29 is 14.3 Å². The lowest BCUT2D eigenvalue weighted by Gasteiger charge is -2.02. The van der Waals surface area contributed by atoms with Gasteiger partial charge >= 0.3 is 11.9 Å². The second kappa shape index (κ2) is 6.40. The number of hydrogen-bond donors (Lipinski definition) is 0. The summed E-state index contributed by atoms with van der Waals surface area (Å²) in [7, 11) is 0. The molecule has 0 aliphatic carbocycles. The third kappa shape index (κ3) is 4.55. The molecule has 3 nitrogen and oxygen atoms in total. The Labute approximate surface area is 103 Å². The second-order valence-corrected chi connectivity index (χ2v) is 4.56. The third-order valence-electron chi connectivity index (χ3n) is 1.59. The van der Waals surface area contributed by atoms with Gasteiger partial charge in [-0.2, -0.15) is 0 Å². The minimum atomic E-state index is -0.601. The SMILES string of the molecule is CC(=O)OC(=O)CSC(=S)c1ccccc1. The first-order valence-electron chi connectivity index (χ1n) is 4.53. The Bertz CT molecular complexity index is 401. The summed E-state index contributed by atoms with van der Waals surface area (Å²) < 4.78 is 4.99. The number of thioether (sulfide) groups is 1. The maximum absolute atomic E-state index is 11.1. The molecule has 16 heavy (non-hydrogen) atoms. The van der Waals surface area contributed by atoms with Crippen molar-refractivity contribution in [1.82, 2.24) is 0 Å². The van der Waals surface area contributed by atoms with Crippen molar-refractivity contribution in [3.63, 3.8) is 0 Å². The lowest BCUT2D eigenvalue weighted by molar-refractivity contribution is -0.155. The van der Waals surface area contributed by atoms with Crippen LogP contribution in [0.4, 0.5) is 0 Å². The molecule has 1 aromatic carbocycles. The molecule has 5 heteroatoms. The van der Waals surface area contributed by atoms with Gasteiger partial charge in [-0.3, -0.25) is 9.59 Å². The molecule has 0 aliphatic heterocycles. The number of hydrogen-bond acceptors (Lipinski definition) is 5. The molecule has 1 rings (SSSR count). The summed E-state index contributed by atoms with van der Waals surface area (Å²) in [6.07, 6.45) is 0. The fraction of sp³-hybridized carbons (Fsp3) is 0.182. The predicted molar refractivity (Wildman–Crippen MR) is 67.4 cm³/mol. The van der Waals surface area contributed by atoms with E-state index in [1.54, 1.807) is 0 Å². The van der Waals surface area contributed by atoms with Crippen molar-refractivity contribution in [3.05, 3.63) is 35.9 Å². The lowest BCUT2D eigenvalue weighted by atomic mass is 10.2. The smallest absolute Gasteiger partial charge is 0.323 e. The molecule has 0 spiro atoms. The van der Waals surface area contributed by atoms with Crippen molar-refractivity contribution >= 4 is 40.1 Å². The zero-order valence-electron chi connectivity index (χ0n) is 8.64. The van der Waals surface area contributed by atoms with E-state index in [2.05, 4.69) is 4.74 Å². The van der Waals surface area contributed by atoms with Crippen LogP contribution >= 0.6 is 24.0 Å². The van der Waals surface area contributed by atoms with Crippen LogP contribution in [0.2, 0.25) is 0 Å². The maximum Gasteiger partial charge on any atom is 0.323 e. The molecular weight excluding hydrogens is 244 g/mol. The van der Waals surface area contributed by atoms with Crippen LogP contribution in [0, 0.1) is 0 Å². The Balaban J connectivity index is 2.42. The second-order valence-electron chi connectivity index (χ2n) is 2.91. The molecule has 0 unspecified atom stereocenters. The fourth-order valence-electron chi connectivity index (χ4n) is 0.972. The van der Waals surface area contributed by atoms with E-state index in [1.165, 1.54) is 18.7 Å². The highest BCUT2D eigenvalue weighted by Crippen LogP contribution is 2.13. The first-order valence-corrected chi connectivity index (χ1v) is 5.92. The summed E-state index contributed by atoms with van der Waals surface area (Å²) in [5.41, 5.74) is 0.887.